The van der Waals surface area contributed by atoms with E-state index in [9.17, 15) is 0 Å². The Kier molecular flexibility index (Phi) is 1.76. The molecule has 0 radical (unpaired) electrons. The van der Waals surface area contributed by atoms with Gasteiger partial charge < -0.3 is 0 Å². The first kappa shape index (κ1) is 6.34. The monoisotopic (exact) mass is 174 g/mol. The molecule has 1 rings (SSSR count). The molecule has 0 N–H and O–H groups in total. The largest absolute Gasteiger partial charge is 0.0716 e. The van der Waals surface area contributed by atoms with E-state index in [1.54, 1.807) is 0 Å². The quantitative estimate of drug-likeness (QED) is 0.574. The van der Waals surface area contributed by atoms with E-state index in [-0.39, 0.29) is 0 Å². The van der Waals surface area contributed by atoms with Crippen LogP contribution in [0.5, 0.6) is 0 Å². The summed E-state index contributed by atoms with van der Waals surface area (Å²) in [6.07, 6.45) is 6.40. The molecule has 0 unspecified atom stereocenters. The van der Waals surface area contributed by atoms with Gasteiger partial charge in [0.25, 0.3) is 0 Å². The van der Waals surface area contributed by atoms with Crippen LogP contribution in [-0.2, 0) is 0 Å². The van der Waals surface area contributed by atoms with Gasteiger partial charge in [-0.3, -0.25) is 0 Å². The Bertz CT molecular complexity index is 101. The molecule has 0 aromatic heterocycles. The van der Waals surface area contributed by atoms with Crippen molar-refractivity contribution in [3.05, 3.63) is 11.1 Å². The predicted octanol–water partition coefficient (Wildman–Crippen LogP) is 3.09. The maximum atomic E-state index is 3.28. The minimum Gasteiger partial charge on any atom is -0.0716 e. The van der Waals surface area contributed by atoms with Gasteiger partial charge in [0.15, 0.2) is 0 Å². The smallest absolute Gasteiger partial charge is 0.0138 e. The molecule has 0 saturated heterocycles. The number of hydrogen-bond acceptors (Lipinski definition) is 0. The maximum absolute atomic E-state index is 3.28. The average molecular weight is 175 g/mol. The van der Waals surface area contributed by atoms with Gasteiger partial charge in [-0.25, -0.2) is 0 Å². The van der Waals surface area contributed by atoms with Gasteiger partial charge >= 0.3 is 0 Å². The van der Waals surface area contributed by atoms with E-state index in [0.29, 0.717) is 5.41 Å². The van der Waals surface area contributed by atoms with Crippen molar-refractivity contribution < 1.29 is 0 Å². The summed E-state index contributed by atoms with van der Waals surface area (Å²) in [5, 5.41) is 0. The third-order valence-corrected chi connectivity index (χ3v) is 2.23. The van der Waals surface area contributed by atoms with Crippen LogP contribution >= 0.6 is 15.9 Å². The van der Waals surface area contributed by atoms with Gasteiger partial charge in [-0.15, -0.1) is 0 Å². The molecule has 0 nitrogen and oxygen atoms in total. The van der Waals surface area contributed by atoms with Gasteiger partial charge in [-0.1, -0.05) is 35.4 Å². The molecule has 0 spiro atoms. The summed E-state index contributed by atoms with van der Waals surface area (Å²) in [5.74, 6) is 0. The Morgan fingerprint density at radius 1 is 1.50 bits per heavy atom. The van der Waals surface area contributed by atoms with E-state index in [1.807, 2.05) is 4.99 Å². The molecule has 1 heteroatoms. The zero-order valence-electron chi connectivity index (χ0n) is 5.15. The lowest BCUT2D eigenvalue weighted by atomic mass is 9.71. The SMILES string of the molecule is CC1(/C=C/Br)CCC1. The third kappa shape index (κ3) is 1.13. The molecule has 0 atom stereocenters. The van der Waals surface area contributed by atoms with Crippen molar-refractivity contribution in [3.63, 3.8) is 0 Å². The van der Waals surface area contributed by atoms with Crippen molar-refractivity contribution in [2.45, 2.75) is 26.2 Å². The van der Waals surface area contributed by atoms with Crippen LogP contribution in [0.4, 0.5) is 0 Å². The van der Waals surface area contributed by atoms with Gasteiger partial charge in [0.2, 0.25) is 0 Å². The van der Waals surface area contributed by atoms with Crippen molar-refractivity contribution in [1.82, 2.24) is 0 Å². The van der Waals surface area contributed by atoms with E-state index >= 15 is 0 Å². The lowest BCUT2D eigenvalue weighted by Gasteiger charge is -2.34. The first-order valence-electron chi connectivity index (χ1n) is 3.05. The molecule has 0 bridgehead atoms. The summed E-state index contributed by atoms with van der Waals surface area (Å²) in [6, 6.07) is 0. The van der Waals surface area contributed by atoms with Crippen molar-refractivity contribution in [2.75, 3.05) is 0 Å². The number of hydrogen-bond donors (Lipinski definition) is 0. The van der Waals surface area contributed by atoms with E-state index in [4.69, 9.17) is 0 Å². The zero-order valence-corrected chi connectivity index (χ0v) is 6.74. The summed E-state index contributed by atoms with van der Waals surface area (Å²) in [7, 11) is 0. The maximum Gasteiger partial charge on any atom is -0.0138 e. The fraction of sp³-hybridized carbons (Fsp3) is 0.714. The topological polar surface area (TPSA) is 0 Å². The van der Waals surface area contributed by atoms with Crippen LogP contribution in [0, 0.1) is 5.41 Å². The molecule has 0 amide bonds. The van der Waals surface area contributed by atoms with E-state index in [0.717, 1.165) is 0 Å². The lowest BCUT2D eigenvalue weighted by molar-refractivity contribution is 0.234. The molecule has 0 aliphatic heterocycles. The molecule has 0 aromatic rings. The second-order valence-electron chi connectivity index (χ2n) is 2.80. The Morgan fingerprint density at radius 2 is 2.12 bits per heavy atom. The summed E-state index contributed by atoms with van der Waals surface area (Å²) in [6.45, 7) is 2.30. The van der Waals surface area contributed by atoms with Crippen LogP contribution < -0.4 is 0 Å². The zero-order chi connectivity index (χ0) is 6.04. The second-order valence-corrected chi connectivity index (χ2v) is 3.33. The molecule has 1 aliphatic rings. The van der Waals surface area contributed by atoms with Crippen molar-refractivity contribution in [2.24, 2.45) is 5.41 Å². The van der Waals surface area contributed by atoms with Crippen LogP contribution in [-0.4, -0.2) is 0 Å². The van der Waals surface area contributed by atoms with Crippen LogP contribution in [0.15, 0.2) is 11.1 Å². The molecule has 0 heterocycles. The molecular weight excluding hydrogens is 164 g/mol. The van der Waals surface area contributed by atoms with Crippen molar-refractivity contribution in [1.29, 1.82) is 0 Å². The standard InChI is InChI=1S/C7H11Br/c1-7(5-6-8)3-2-4-7/h5-6H,2-4H2,1H3/b6-5+. The number of halogens is 1. The summed E-state index contributed by atoms with van der Waals surface area (Å²) in [5.41, 5.74) is 0.545. The molecule has 1 aliphatic carbocycles. The van der Waals surface area contributed by atoms with Crippen LogP contribution in [0.2, 0.25) is 0 Å². The first-order chi connectivity index (χ1) is 3.77. The Balaban J connectivity index is 2.41. The number of rotatable bonds is 1. The van der Waals surface area contributed by atoms with Crippen molar-refractivity contribution >= 4 is 15.9 Å². The fourth-order valence-electron chi connectivity index (χ4n) is 1.05. The molecule has 8 heavy (non-hydrogen) atoms. The minimum atomic E-state index is 0.545. The van der Waals surface area contributed by atoms with Gasteiger partial charge in [-0.05, 0) is 23.2 Å². The van der Waals surface area contributed by atoms with E-state index in [2.05, 4.69) is 28.9 Å². The fourth-order valence-corrected chi connectivity index (χ4v) is 1.69. The normalized spacial score (nSPS) is 25.8. The molecule has 1 saturated carbocycles. The van der Waals surface area contributed by atoms with Crippen LogP contribution in [0.1, 0.15) is 26.2 Å². The molecular formula is C7H11Br. The Hall–Kier alpha value is 0.220. The highest BCUT2D eigenvalue weighted by atomic mass is 79.9. The van der Waals surface area contributed by atoms with Crippen LogP contribution in [0.3, 0.4) is 0 Å². The highest BCUT2D eigenvalue weighted by Gasteiger charge is 2.27. The number of allylic oxidation sites excluding steroid dienone is 1. The molecule has 0 aromatic carbocycles. The summed E-state index contributed by atoms with van der Waals surface area (Å²) >= 11 is 3.28. The third-order valence-electron chi connectivity index (χ3n) is 1.96. The van der Waals surface area contributed by atoms with Crippen LogP contribution in [0.25, 0.3) is 0 Å². The Labute approximate surface area is 59.1 Å². The summed E-state index contributed by atoms with van der Waals surface area (Å²) < 4.78 is 0. The highest BCUT2D eigenvalue weighted by Crippen LogP contribution is 2.41. The minimum absolute atomic E-state index is 0.545. The first-order valence-corrected chi connectivity index (χ1v) is 3.96. The Morgan fingerprint density at radius 3 is 2.25 bits per heavy atom. The van der Waals surface area contributed by atoms with Gasteiger partial charge in [-0.2, -0.15) is 0 Å². The van der Waals surface area contributed by atoms with E-state index in [1.165, 1.54) is 19.3 Å². The average Bonchev–Trinajstić information content (AvgIpc) is 1.64. The van der Waals surface area contributed by atoms with E-state index < -0.39 is 0 Å². The van der Waals surface area contributed by atoms with Gasteiger partial charge in [0.05, 0.1) is 0 Å². The molecule has 46 valence electrons. The molecule has 1 fully saturated rings. The lowest BCUT2D eigenvalue weighted by Crippen LogP contribution is -2.21. The second kappa shape index (κ2) is 2.22. The van der Waals surface area contributed by atoms with Gasteiger partial charge in [0.1, 0.15) is 0 Å². The highest BCUT2D eigenvalue weighted by molar-refractivity contribution is 9.11. The van der Waals surface area contributed by atoms with Crippen molar-refractivity contribution in [3.8, 4) is 0 Å². The summed E-state index contributed by atoms with van der Waals surface area (Å²) in [4.78, 5) is 1.98. The predicted molar refractivity (Wildman–Crippen MR) is 40.0 cm³/mol. The van der Waals surface area contributed by atoms with Gasteiger partial charge in [0, 0.05) is 0 Å².